The lowest BCUT2D eigenvalue weighted by Crippen LogP contribution is -2.52. The van der Waals surface area contributed by atoms with E-state index in [1.165, 1.54) is 17.0 Å². The Morgan fingerprint density at radius 2 is 1.54 bits per heavy atom. The Morgan fingerprint density at radius 3 is 2.13 bits per heavy atom. The van der Waals surface area contributed by atoms with Crippen molar-refractivity contribution in [1.29, 1.82) is 0 Å². The lowest BCUT2D eigenvalue weighted by molar-refractivity contribution is -0.139. The van der Waals surface area contributed by atoms with Crippen LogP contribution in [0.4, 0.5) is 5.69 Å². The fourth-order valence-corrected chi connectivity index (χ4v) is 5.64. The summed E-state index contributed by atoms with van der Waals surface area (Å²) in [6.45, 7) is 9.26. The summed E-state index contributed by atoms with van der Waals surface area (Å²) < 4.78 is 28.8. The van der Waals surface area contributed by atoms with Crippen molar-refractivity contribution in [2.75, 3.05) is 10.8 Å². The van der Waals surface area contributed by atoms with E-state index in [2.05, 4.69) is 5.32 Å². The third-order valence-electron chi connectivity index (χ3n) is 6.85. The normalized spacial score (nSPS) is 12.8. The summed E-state index contributed by atoms with van der Waals surface area (Å²) in [5.41, 5.74) is 3.33. The van der Waals surface area contributed by atoms with Gasteiger partial charge in [0.05, 0.1) is 10.6 Å². The van der Waals surface area contributed by atoms with Crippen LogP contribution in [0, 0.1) is 6.92 Å². The van der Waals surface area contributed by atoms with E-state index in [0.29, 0.717) is 5.69 Å². The molecule has 0 aliphatic heterocycles. The zero-order valence-corrected chi connectivity index (χ0v) is 24.2. The molecular formula is C31H39N3O4S. The van der Waals surface area contributed by atoms with Crippen LogP contribution in [0.15, 0.2) is 83.8 Å². The molecule has 3 rings (SSSR count). The molecule has 1 N–H and O–H groups in total. The Balaban J connectivity index is 2.02. The molecule has 0 saturated carbocycles. The highest BCUT2D eigenvalue weighted by Crippen LogP contribution is 2.25. The quantitative estimate of drug-likeness (QED) is 0.341. The molecular weight excluding hydrogens is 510 g/mol. The van der Waals surface area contributed by atoms with E-state index in [4.69, 9.17) is 0 Å². The van der Waals surface area contributed by atoms with E-state index in [0.717, 1.165) is 33.8 Å². The van der Waals surface area contributed by atoms with Crippen LogP contribution in [0.2, 0.25) is 0 Å². The number of benzene rings is 3. The molecule has 0 aliphatic rings. The van der Waals surface area contributed by atoms with E-state index in [1.54, 1.807) is 37.3 Å². The molecule has 39 heavy (non-hydrogen) atoms. The lowest BCUT2D eigenvalue weighted by atomic mass is 10.1. The van der Waals surface area contributed by atoms with Crippen LogP contribution in [0.5, 0.6) is 0 Å². The van der Waals surface area contributed by atoms with E-state index < -0.39 is 28.5 Å². The van der Waals surface area contributed by atoms with Gasteiger partial charge in [0, 0.05) is 12.6 Å². The topological polar surface area (TPSA) is 86.8 Å². The highest BCUT2D eigenvalue weighted by atomic mass is 32.2. The third-order valence-corrected chi connectivity index (χ3v) is 8.63. The number of nitrogens with one attached hydrogen (secondary N) is 1. The first-order valence-corrected chi connectivity index (χ1v) is 14.8. The van der Waals surface area contributed by atoms with Crippen molar-refractivity contribution in [3.05, 3.63) is 95.6 Å². The van der Waals surface area contributed by atoms with Crippen molar-refractivity contribution in [2.45, 2.75) is 71.0 Å². The Kier molecular flexibility index (Phi) is 10.3. The van der Waals surface area contributed by atoms with Crippen molar-refractivity contribution in [1.82, 2.24) is 10.2 Å². The molecule has 3 aromatic rings. The molecule has 0 fully saturated rings. The van der Waals surface area contributed by atoms with E-state index in [1.807, 2.05) is 64.1 Å². The van der Waals surface area contributed by atoms with Gasteiger partial charge in [0.2, 0.25) is 11.8 Å². The minimum Gasteiger partial charge on any atom is -0.352 e. The Bertz CT molecular complexity index is 1360. The highest BCUT2D eigenvalue weighted by Gasteiger charge is 2.32. The van der Waals surface area contributed by atoms with Crippen molar-refractivity contribution in [3.8, 4) is 0 Å². The smallest absolute Gasteiger partial charge is 0.264 e. The number of carbonyl (C=O) groups excluding carboxylic acids is 2. The van der Waals surface area contributed by atoms with Gasteiger partial charge in [-0.2, -0.15) is 0 Å². The van der Waals surface area contributed by atoms with Crippen LogP contribution in [-0.2, 0) is 32.6 Å². The summed E-state index contributed by atoms with van der Waals surface area (Å²) in [6, 6.07) is 22.1. The predicted molar refractivity (Wildman–Crippen MR) is 156 cm³/mol. The zero-order chi connectivity index (χ0) is 28.6. The number of rotatable bonds is 12. The van der Waals surface area contributed by atoms with Crippen molar-refractivity contribution in [2.24, 2.45) is 0 Å². The van der Waals surface area contributed by atoms with Crippen LogP contribution in [0.3, 0.4) is 0 Å². The van der Waals surface area contributed by atoms with Crippen LogP contribution in [-0.4, -0.2) is 43.8 Å². The molecule has 0 aromatic heterocycles. The Morgan fingerprint density at radius 1 is 0.872 bits per heavy atom. The molecule has 0 heterocycles. The SMILES string of the molecule is CCc1ccc(N(CC(=O)N(Cc2cccc(C)c2)C(C)C(=O)NC(C)CC)S(=O)(=O)c2ccccc2)cc1. The number of carbonyl (C=O) groups is 2. The maximum Gasteiger partial charge on any atom is 0.264 e. The summed E-state index contributed by atoms with van der Waals surface area (Å²) in [6.07, 6.45) is 1.55. The van der Waals surface area contributed by atoms with Gasteiger partial charge in [0.1, 0.15) is 12.6 Å². The Hall–Kier alpha value is -3.65. The largest absolute Gasteiger partial charge is 0.352 e. The zero-order valence-electron chi connectivity index (χ0n) is 23.4. The predicted octanol–water partition coefficient (Wildman–Crippen LogP) is 5.08. The Labute approximate surface area is 232 Å². The number of amides is 2. The van der Waals surface area contributed by atoms with Gasteiger partial charge in [-0.1, -0.05) is 74.0 Å². The summed E-state index contributed by atoms with van der Waals surface area (Å²) in [5.74, 6) is -0.752. The first-order chi connectivity index (χ1) is 18.6. The highest BCUT2D eigenvalue weighted by molar-refractivity contribution is 7.92. The molecule has 2 unspecified atom stereocenters. The fourth-order valence-electron chi connectivity index (χ4n) is 4.20. The van der Waals surface area contributed by atoms with Gasteiger partial charge in [-0.25, -0.2) is 8.42 Å². The molecule has 0 saturated heterocycles. The lowest BCUT2D eigenvalue weighted by Gasteiger charge is -2.32. The maximum absolute atomic E-state index is 14.0. The van der Waals surface area contributed by atoms with Gasteiger partial charge in [-0.15, -0.1) is 0 Å². The standard InChI is InChI=1S/C31H39N3O4S/c1-6-24(4)32-31(36)25(5)33(21-27-13-11-12-23(3)20-27)30(35)22-34(28-18-16-26(7-2)17-19-28)39(37,38)29-14-9-8-10-15-29/h8-20,24-25H,6-7,21-22H2,1-5H3,(H,32,36). The van der Waals surface area contributed by atoms with Crippen LogP contribution < -0.4 is 9.62 Å². The molecule has 208 valence electrons. The molecule has 0 bridgehead atoms. The minimum absolute atomic E-state index is 0.0529. The number of aryl methyl sites for hydroxylation is 2. The third kappa shape index (κ3) is 7.69. The maximum atomic E-state index is 14.0. The molecule has 0 radical (unpaired) electrons. The second kappa shape index (κ2) is 13.4. The van der Waals surface area contributed by atoms with Gasteiger partial charge < -0.3 is 10.2 Å². The number of anilines is 1. The molecule has 0 spiro atoms. The van der Waals surface area contributed by atoms with Crippen molar-refractivity contribution in [3.63, 3.8) is 0 Å². The van der Waals surface area contributed by atoms with Crippen LogP contribution in [0.25, 0.3) is 0 Å². The molecule has 8 heteroatoms. The second-order valence-corrected chi connectivity index (χ2v) is 11.7. The van der Waals surface area contributed by atoms with E-state index >= 15 is 0 Å². The van der Waals surface area contributed by atoms with Crippen LogP contribution in [0.1, 0.15) is 50.8 Å². The molecule has 2 atom stereocenters. The molecule has 7 nitrogen and oxygen atoms in total. The van der Waals surface area contributed by atoms with Gasteiger partial charge >= 0.3 is 0 Å². The minimum atomic E-state index is -4.07. The summed E-state index contributed by atoms with van der Waals surface area (Å²) in [5, 5.41) is 2.95. The first kappa shape index (κ1) is 29.9. The van der Waals surface area contributed by atoms with Gasteiger partial charge in [-0.05, 0) is 69.0 Å². The number of nitrogens with zero attached hydrogens (tertiary/aromatic N) is 2. The van der Waals surface area contributed by atoms with Crippen molar-refractivity contribution >= 4 is 27.5 Å². The average molecular weight is 550 g/mol. The monoisotopic (exact) mass is 549 g/mol. The molecule has 3 aromatic carbocycles. The number of hydrogen-bond acceptors (Lipinski definition) is 4. The molecule has 2 amide bonds. The molecule has 0 aliphatic carbocycles. The number of hydrogen-bond donors (Lipinski definition) is 1. The van der Waals surface area contributed by atoms with Crippen molar-refractivity contribution < 1.29 is 18.0 Å². The summed E-state index contributed by atoms with van der Waals surface area (Å²) in [7, 11) is -4.07. The van der Waals surface area contributed by atoms with E-state index in [9.17, 15) is 18.0 Å². The van der Waals surface area contributed by atoms with E-state index in [-0.39, 0.29) is 23.4 Å². The average Bonchev–Trinajstić information content (AvgIpc) is 2.94. The number of sulfonamides is 1. The second-order valence-electron chi connectivity index (χ2n) is 9.85. The first-order valence-electron chi connectivity index (χ1n) is 13.4. The summed E-state index contributed by atoms with van der Waals surface area (Å²) in [4.78, 5) is 28.6. The summed E-state index contributed by atoms with van der Waals surface area (Å²) >= 11 is 0. The van der Waals surface area contributed by atoms with Gasteiger partial charge in [0.15, 0.2) is 0 Å². The van der Waals surface area contributed by atoms with Crippen LogP contribution >= 0.6 is 0 Å². The van der Waals surface area contributed by atoms with Gasteiger partial charge in [0.25, 0.3) is 10.0 Å². The fraction of sp³-hybridized carbons (Fsp3) is 0.355. The van der Waals surface area contributed by atoms with Gasteiger partial charge in [-0.3, -0.25) is 13.9 Å².